The number of ether oxygens (including phenoxy) is 1. The quantitative estimate of drug-likeness (QED) is 0.800. The molecule has 1 aliphatic heterocycles. The predicted molar refractivity (Wildman–Crippen MR) is 79.8 cm³/mol. The second-order valence-corrected chi connectivity index (χ2v) is 6.32. The average Bonchev–Trinajstić information content (AvgIpc) is 2.42. The highest BCUT2D eigenvalue weighted by atomic mass is 79.9. The minimum atomic E-state index is 0.210. The molecule has 1 aromatic carbocycles. The Bertz CT molecular complexity index is 432. The van der Waals surface area contributed by atoms with Crippen LogP contribution in [0.1, 0.15) is 18.9 Å². The van der Waals surface area contributed by atoms with Gasteiger partial charge in [-0.1, -0.05) is 35.0 Å². The van der Waals surface area contributed by atoms with Gasteiger partial charge < -0.3 is 9.64 Å². The number of rotatable bonds is 3. The molecule has 0 N–H and O–H groups in total. The van der Waals surface area contributed by atoms with Crippen LogP contribution in [0.2, 0.25) is 0 Å². The summed E-state index contributed by atoms with van der Waals surface area (Å²) in [6.45, 7) is 3.92. The van der Waals surface area contributed by atoms with Crippen molar-refractivity contribution in [3.63, 3.8) is 0 Å². The number of alkyl halides is 1. The van der Waals surface area contributed by atoms with Gasteiger partial charge >= 0.3 is 0 Å². The number of likely N-dealkylation sites (tertiary alicyclic amines) is 1. The van der Waals surface area contributed by atoms with Crippen molar-refractivity contribution in [2.24, 2.45) is 5.92 Å². The molecule has 3 nitrogen and oxygen atoms in total. The smallest absolute Gasteiger partial charge is 0.227 e. The average molecular weight is 326 g/mol. The summed E-state index contributed by atoms with van der Waals surface area (Å²) in [5.41, 5.74) is 1.04. The highest BCUT2D eigenvalue weighted by Gasteiger charge is 2.26. The maximum atomic E-state index is 12.2. The third-order valence-corrected chi connectivity index (χ3v) is 4.93. The van der Waals surface area contributed by atoms with Gasteiger partial charge in [-0.25, -0.2) is 0 Å². The minimum Gasteiger partial charge on any atom is -0.497 e. The second-order valence-electron chi connectivity index (χ2n) is 5.15. The second kappa shape index (κ2) is 6.42. The van der Waals surface area contributed by atoms with Crippen molar-refractivity contribution < 1.29 is 9.53 Å². The highest BCUT2D eigenvalue weighted by molar-refractivity contribution is 9.09. The lowest BCUT2D eigenvalue weighted by Gasteiger charge is -2.34. The molecule has 1 heterocycles. The maximum absolute atomic E-state index is 12.2. The normalized spacial score (nSPS) is 23.2. The monoisotopic (exact) mass is 325 g/mol. The van der Waals surface area contributed by atoms with Crippen molar-refractivity contribution in [3.8, 4) is 5.75 Å². The number of carbonyl (C=O) groups excluding carboxylic acids is 1. The van der Waals surface area contributed by atoms with Crippen molar-refractivity contribution in [2.75, 3.05) is 20.2 Å². The van der Waals surface area contributed by atoms with Gasteiger partial charge in [-0.15, -0.1) is 0 Å². The molecule has 2 unspecified atom stereocenters. The number of amides is 1. The minimum absolute atomic E-state index is 0.210. The zero-order valence-corrected chi connectivity index (χ0v) is 13.0. The fraction of sp³-hybridized carbons (Fsp3) is 0.533. The molecule has 1 aromatic rings. The van der Waals surface area contributed by atoms with Gasteiger partial charge in [-0.2, -0.15) is 0 Å². The van der Waals surface area contributed by atoms with Gasteiger partial charge in [-0.05, 0) is 30.0 Å². The Morgan fingerprint density at radius 1 is 1.42 bits per heavy atom. The third kappa shape index (κ3) is 3.72. The van der Waals surface area contributed by atoms with E-state index in [9.17, 15) is 4.79 Å². The number of nitrogens with zero attached hydrogens (tertiary/aromatic N) is 1. The van der Waals surface area contributed by atoms with E-state index in [4.69, 9.17) is 4.74 Å². The molecule has 1 saturated heterocycles. The Balaban J connectivity index is 1.93. The third-order valence-electron chi connectivity index (χ3n) is 3.73. The van der Waals surface area contributed by atoms with E-state index >= 15 is 0 Å². The molecule has 1 aliphatic rings. The van der Waals surface area contributed by atoms with Crippen LogP contribution in [0.25, 0.3) is 0 Å². The molecule has 2 atom stereocenters. The molecule has 2 rings (SSSR count). The number of hydrogen-bond acceptors (Lipinski definition) is 2. The highest BCUT2D eigenvalue weighted by Crippen LogP contribution is 2.23. The van der Waals surface area contributed by atoms with Crippen molar-refractivity contribution in [3.05, 3.63) is 29.8 Å². The van der Waals surface area contributed by atoms with E-state index in [1.807, 2.05) is 29.2 Å². The molecule has 0 bridgehead atoms. The number of halogens is 1. The Hall–Kier alpha value is -1.03. The van der Waals surface area contributed by atoms with Crippen molar-refractivity contribution in [2.45, 2.75) is 24.6 Å². The van der Waals surface area contributed by atoms with E-state index in [0.29, 0.717) is 17.2 Å². The summed E-state index contributed by atoms with van der Waals surface area (Å²) in [5.74, 6) is 1.68. The van der Waals surface area contributed by atoms with Gasteiger partial charge in [0.25, 0.3) is 0 Å². The van der Waals surface area contributed by atoms with Gasteiger partial charge in [-0.3, -0.25) is 4.79 Å². The lowest BCUT2D eigenvalue weighted by molar-refractivity contribution is -0.131. The number of methoxy groups -OCH3 is 1. The molecule has 0 aromatic heterocycles. The van der Waals surface area contributed by atoms with Crippen LogP contribution in [0.3, 0.4) is 0 Å². The largest absolute Gasteiger partial charge is 0.497 e. The van der Waals surface area contributed by atoms with Gasteiger partial charge in [0, 0.05) is 17.9 Å². The van der Waals surface area contributed by atoms with Crippen LogP contribution in [0.4, 0.5) is 0 Å². The molecule has 104 valence electrons. The summed E-state index contributed by atoms with van der Waals surface area (Å²) in [5, 5.41) is 0. The SMILES string of the molecule is COc1ccc(CC(=O)N2CCC(C)C(Br)C2)cc1. The predicted octanol–water partition coefficient (Wildman–Crippen LogP) is 2.87. The first kappa shape index (κ1) is 14.4. The van der Waals surface area contributed by atoms with E-state index in [0.717, 1.165) is 30.8 Å². The fourth-order valence-electron chi connectivity index (χ4n) is 2.28. The summed E-state index contributed by atoms with van der Waals surface area (Å²) in [4.78, 5) is 14.6. The summed E-state index contributed by atoms with van der Waals surface area (Å²) in [7, 11) is 1.64. The zero-order chi connectivity index (χ0) is 13.8. The lowest BCUT2D eigenvalue weighted by atomic mass is 9.98. The van der Waals surface area contributed by atoms with Crippen LogP contribution in [0.15, 0.2) is 24.3 Å². The van der Waals surface area contributed by atoms with Gasteiger partial charge in [0.15, 0.2) is 0 Å². The van der Waals surface area contributed by atoms with E-state index in [-0.39, 0.29) is 5.91 Å². The Kier molecular flexibility index (Phi) is 4.86. The lowest BCUT2D eigenvalue weighted by Crippen LogP contribution is -2.44. The molecule has 19 heavy (non-hydrogen) atoms. The molecule has 0 spiro atoms. The number of piperidine rings is 1. The van der Waals surface area contributed by atoms with Crippen molar-refractivity contribution in [1.29, 1.82) is 0 Å². The molecule has 1 fully saturated rings. The number of hydrogen-bond donors (Lipinski definition) is 0. The molecule has 0 radical (unpaired) electrons. The van der Waals surface area contributed by atoms with E-state index < -0.39 is 0 Å². The standard InChI is InChI=1S/C15H20BrNO2/c1-11-7-8-17(10-14(11)16)15(18)9-12-3-5-13(19-2)6-4-12/h3-6,11,14H,7-10H2,1-2H3. The Labute approximate surface area is 123 Å². The summed E-state index contributed by atoms with van der Waals surface area (Å²) < 4.78 is 5.11. The van der Waals surface area contributed by atoms with Gasteiger partial charge in [0.05, 0.1) is 13.5 Å². The van der Waals surface area contributed by atoms with Crippen molar-refractivity contribution >= 4 is 21.8 Å². The maximum Gasteiger partial charge on any atom is 0.227 e. The number of carbonyl (C=O) groups is 1. The van der Waals surface area contributed by atoms with Crippen LogP contribution < -0.4 is 4.74 Å². The van der Waals surface area contributed by atoms with Gasteiger partial charge in [0.1, 0.15) is 5.75 Å². The molecule has 4 heteroatoms. The van der Waals surface area contributed by atoms with Crippen LogP contribution in [-0.4, -0.2) is 35.8 Å². The summed E-state index contributed by atoms with van der Waals surface area (Å²) >= 11 is 3.66. The first-order chi connectivity index (χ1) is 9.10. The van der Waals surface area contributed by atoms with Crippen molar-refractivity contribution in [1.82, 2.24) is 4.90 Å². The zero-order valence-electron chi connectivity index (χ0n) is 11.4. The first-order valence-corrected chi connectivity index (χ1v) is 7.56. The van der Waals surface area contributed by atoms with Crippen LogP contribution in [0, 0.1) is 5.92 Å². The Morgan fingerprint density at radius 2 is 2.11 bits per heavy atom. The number of benzene rings is 1. The van der Waals surface area contributed by atoms with E-state index in [2.05, 4.69) is 22.9 Å². The molecule has 1 amide bonds. The Morgan fingerprint density at radius 3 is 2.68 bits per heavy atom. The van der Waals surface area contributed by atoms with E-state index in [1.165, 1.54) is 0 Å². The molecular formula is C15H20BrNO2. The topological polar surface area (TPSA) is 29.5 Å². The molecule has 0 aliphatic carbocycles. The molecular weight excluding hydrogens is 306 g/mol. The summed E-state index contributed by atoms with van der Waals surface area (Å²) in [6, 6.07) is 7.70. The molecule has 0 saturated carbocycles. The summed E-state index contributed by atoms with van der Waals surface area (Å²) in [6.07, 6.45) is 1.54. The fourth-order valence-corrected chi connectivity index (χ4v) is 2.89. The van der Waals surface area contributed by atoms with E-state index in [1.54, 1.807) is 7.11 Å². The first-order valence-electron chi connectivity index (χ1n) is 6.65. The van der Waals surface area contributed by atoms with Crippen LogP contribution in [-0.2, 0) is 11.2 Å². The van der Waals surface area contributed by atoms with Crippen LogP contribution in [0.5, 0.6) is 5.75 Å². The van der Waals surface area contributed by atoms with Gasteiger partial charge in [0.2, 0.25) is 5.91 Å². The van der Waals surface area contributed by atoms with Crippen LogP contribution >= 0.6 is 15.9 Å².